The first-order valence-corrected chi connectivity index (χ1v) is 9.33. The van der Waals surface area contributed by atoms with Crippen LogP contribution in [0.1, 0.15) is 31.9 Å². The third kappa shape index (κ3) is 3.58. The van der Waals surface area contributed by atoms with Crippen LogP contribution < -0.4 is 11.1 Å². The number of nitrogen functional groups attached to an aromatic ring is 1. The van der Waals surface area contributed by atoms with Gasteiger partial charge in [-0.05, 0) is 31.7 Å². The van der Waals surface area contributed by atoms with E-state index in [1.54, 1.807) is 6.33 Å². The number of anilines is 2. The van der Waals surface area contributed by atoms with Crippen molar-refractivity contribution in [2.24, 2.45) is 0 Å². The molecule has 8 nitrogen and oxygen atoms in total. The van der Waals surface area contributed by atoms with Gasteiger partial charge in [-0.2, -0.15) is 4.98 Å². The molecule has 1 aliphatic heterocycles. The van der Waals surface area contributed by atoms with E-state index in [0.29, 0.717) is 35.8 Å². The van der Waals surface area contributed by atoms with Crippen molar-refractivity contribution in [2.75, 3.05) is 30.8 Å². The van der Waals surface area contributed by atoms with E-state index in [1.807, 2.05) is 28.8 Å². The first-order chi connectivity index (χ1) is 13.3. The van der Waals surface area contributed by atoms with Gasteiger partial charge in [0.15, 0.2) is 5.65 Å². The van der Waals surface area contributed by atoms with Crippen molar-refractivity contribution >= 4 is 22.8 Å². The molecule has 1 aliphatic rings. The number of para-hydroxylation sites is 1. The summed E-state index contributed by atoms with van der Waals surface area (Å²) in [5.41, 5.74) is 9.78. The molecule has 3 heterocycles. The van der Waals surface area contributed by atoms with Gasteiger partial charge in [-0.3, -0.25) is 4.57 Å². The summed E-state index contributed by atoms with van der Waals surface area (Å²) in [6.07, 6.45) is 5.47. The first-order valence-electron chi connectivity index (χ1n) is 9.33. The molecular formula is C19H24N6O2. The topological polar surface area (TPSA) is 111 Å². The summed E-state index contributed by atoms with van der Waals surface area (Å²) < 4.78 is 7.90. The Morgan fingerprint density at radius 3 is 2.93 bits per heavy atom. The number of aliphatic hydroxyl groups is 1. The molecular weight excluding hydrogens is 344 g/mol. The average molecular weight is 368 g/mol. The number of ether oxygens (including phenoxy) is 1. The molecule has 1 unspecified atom stereocenters. The Balaban J connectivity index is 1.82. The van der Waals surface area contributed by atoms with Crippen molar-refractivity contribution < 1.29 is 9.84 Å². The van der Waals surface area contributed by atoms with Crippen LogP contribution in [0.15, 0.2) is 30.6 Å². The molecule has 0 aliphatic carbocycles. The van der Waals surface area contributed by atoms with Crippen molar-refractivity contribution in [3.63, 3.8) is 0 Å². The number of nitrogens with one attached hydrogen (secondary N) is 1. The van der Waals surface area contributed by atoms with Crippen LogP contribution in [0.5, 0.6) is 0 Å². The van der Waals surface area contributed by atoms with Crippen molar-refractivity contribution in [3.8, 4) is 11.3 Å². The molecule has 27 heavy (non-hydrogen) atoms. The highest BCUT2D eigenvalue weighted by Gasteiger charge is 2.22. The second kappa shape index (κ2) is 7.89. The molecule has 0 spiro atoms. The molecule has 1 saturated heterocycles. The molecule has 2 aromatic heterocycles. The zero-order valence-corrected chi connectivity index (χ0v) is 15.1. The molecule has 4 N–H and O–H groups in total. The first kappa shape index (κ1) is 17.7. The van der Waals surface area contributed by atoms with Gasteiger partial charge in [0.2, 0.25) is 5.95 Å². The van der Waals surface area contributed by atoms with Crippen molar-refractivity contribution in [3.05, 3.63) is 30.6 Å². The van der Waals surface area contributed by atoms with E-state index >= 15 is 0 Å². The molecule has 0 saturated carbocycles. The maximum absolute atomic E-state index is 9.04. The minimum Gasteiger partial charge on any atom is -0.398 e. The molecule has 8 heteroatoms. The molecule has 142 valence electrons. The van der Waals surface area contributed by atoms with E-state index in [0.717, 1.165) is 37.1 Å². The SMILES string of the molecule is Nc1ccccc1-c1nc(NCCCO)nc2c1ncn2C1CCCCO1. The maximum atomic E-state index is 9.04. The lowest BCUT2D eigenvalue weighted by Gasteiger charge is -2.24. The quantitative estimate of drug-likeness (QED) is 0.453. The summed E-state index contributed by atoms with van der Waals surface area (Å²) in [4.78, 5) is 13.9. The maximum Gasteiger partial charge on any atom is 0.225 e. The van der Waals surface area contributed by atoms with E-state index in [9.17, 15) is 0 Å². The van der Waals surface area contributed by atoms with Crippen LogP contribution in [0.25, 0.3) is 22.4 Å². The van der Waals surface area contributed by atoms with Crippen molar-refractivity contribution in [1.82, 2.24) is 19.5 Å². The minimum absolute atomic E-state index is 0.0649. The predicted molar refractivity (Wildman–Crippen MR) is 104 cm³/mol. The Labute approximate surface area is 157 Å². The zero-order valence-electron chi connectivity index (χ0n) is 15.1. The number of rotatable bonds is 6. The summed E-state index contributed by atoms with van der Waals surface area (Å²) in [6, 6.07) is 7.61. The number of hydrogen-bond donors (Lipinski definition) is 3. The van der Waals surface area contributed by atoms with Crippen LogP contribution in [0.3, 0.4) is 0 Å². The van der Waals surface area contributed by atoms with Gasteiger partial charge in [0.25, 0.3) is 0 Å². The Morgan fingerprint density at radius 2 is 2.15 bits per heavy atom. The van der Waals surface area contributed by atoms with Gasteiger partial charge < -0.3 is 20.9 Å². The summed E-state index contributed by atoms with van der Waals surface area (Å²) in [5, 5.41) is 12.2. The van der Waals surface area contributed by atoms with Crippen LogP contribution in [0.2, 0.25) is 0 Å². The standard InChI is InChI=1S/C19H24N6O2/c20-14-7-2-1-6-13(14)16-17-18(24-19(23-16)21-9-5-10-26)25(12-22-17)15-8-3-4-11-27-15/h1-2,6-7,12,15,26H,3-5,8-11,20H2,(H,21,23,24). The van der Waals surface area contributed by atoms with Crippen LogP contribution in [0.4, 0.5) is 11.6 Å². The number of fused-ring (bicyclic) bond motifs is 1. The largest absolute Gasteiger partial charge is 0.398 e. The highest BCUT2D eigenvalue weighted by molar-refractivity contribution is 5.92. The van der Waals surface area contributed by atoms with Gasteiger partial charge in [-0.1, -0.05) is 18.2 Å². The minimum atomic E-state index is -0.0649. The van der Waals surface area contributed by atoms with Gasteiger partial charge in [0.05, 0.1) is 6.33 Å². The van der Waals surface area contributed by atoms with Gasteiger partial charge in [-0.25, -0.2) is 9.97 Å². The summed E-state index contributed by atoms with van der Waals surface area (Å²) in [7, 11) is 0. The molecule has 0 bridgehead atoms. The second-order valence-electron chi connectivity index (χ2n) is 6.63. The highest BCUT2D eigenvalue weighted by Crippen LogP contribution is 2.33. The fraction of sp³-hybridized carbons (Fsp3) is 0.421. The van der Waals surface area contributed by atoms with E-state index in [4.69, 9.17) is 15.6 Å². The van der Waals surface area contributed by atoms with Crippen molar-refractivity contribution in [1.29, 1.82) is 0 Å². The number of aliphatic hydroxyl groups excluding tert-OH is 1. The fourth-order valence-electron chi connectivity index (χ4n) is 3.33. The van der Waals surface area contributed by atoms with E-state index in [2.05, 4.69) is 20.3 Å². The average Bonchev–Trinajstić information content (AvgIpc) is 3.13. The van der Waals surface area contributed by atoms with Crippen molar-refractivity contribution in [2.45, 2.75) is 31.9 Å². The Hall–Kier alpha value is -2.71. The number of nitrogens with two attached hydrogens (primary N) is 1. The summed E-state index contributed by atoms with van der Waals surface area (Å²) in [5.74, 6) is 0.492. The number of nitrogens with zero attached hydrogens (tertiary/aromatic N) is 4. The number of hydrogen-bond acceptors (Lipinski definition) is 7. The normalized spacial score (nSPS) is 17.3. The molecule has 0 amide bonds. The van der Waals surface area contributed by atoms with E-state index < -0.39 is 0 Å². The fourth-order valence-corrected chi connectivity index (χ4v) is 3.33. The van der Waals surface area contributed by atoms with Crippen LogP contribution in [-0.2, 0) is 4.74 Å². The summed E-state index contributed by atoms with van der Waals surface area (Å²) >= 11 is 0. The summed E-state index contributed by atoms with van der Waals surface area (Å²) in [6.45, 7) is 1.44. The third-order valence-electron chi connectivity index (χ3n) is 4.72. The van der Waals surface area contributed by atoms with Gasteiger partial charge >= 0.3 is 0 Å². The van der Waals surface area contributed by atoms with Gasteiger partial charge in [0.1, 0.15) is 17.4 Å². The van der Waals surface area contributed by atoms with Crippen LogP contribution in [0, 0.1) is 0 Å². The Morgan fingerprint density at radius 1 is 1.26 bits per heavy atom. The van der Waals surface area contributed by atoms with Gasteiger partial charge in [0, 0.05) is 31.0 Å². The monoisotopic (exact) mass is 368 g/mol. The zero-order chi connectivity index (χ0) is 18.6. The lowest BCUT2D eigenvalue weighted by Crippen LogP contribution is -2.18. The Bertz CT molecular complexity index is 920. The molecule has 1 atom stereocenters. The molecule has 4 rings (SSSR count). The van der Waals surface area contributed by atoms with Gasteiger partial charge in [-0.15, -0.1) is 0 Å². The lowest BCUT2D eigenvalue weighted by molar-refractivity contribution is -0.0298. The van der Waals surface area contributed by atoms with E-state index in [-0.39, 0.29) is 12.8 Å². The van der Waals surface area contributed by atoms with Crippen LogP contribution >= 0.6 is 0 Å². The van der Waals surface area contributed by atoms with Crippen LogP contribution in [-0.4, -0.2) is 44.4 Å². The highest BCUT2D eigenvalue weighted by atomic mass is 16.5. The smallest absolute Gasteiger partial charge is 0.225 e. The number of aromatic nitrogens is 4. The number of imidazole rings is 1. The molecule has 0 radical (unpaired) electrons. The molecule has 3 aromatic rings. The Kier molecular flexibility index (Phi) is 5.17. The molecule has 1 fully saturated rings. The molecule has 1 aromatic carbocycles. The third-order valence-corrected chi connectivity index (χ3v) is 4.72. The number of benzene rings is 1. The van der Waals surface area contributed by atoms with E-state index in [1.165, 1.54) is 0 Å². The second-order valence-corrected chi connectivity index (χ2v) is 6.63. The lowest BCUT2D eigenvalue weighted by atomic mass is 10.1. The predicted octanol–water partition coefficient (Wildman–Crippen LogP) is 2.57.